The number of aliphatic carboxylic acids is 1. The average Bonchev–Trinajstić information content (AvgIpc) is 3.08. The number of ether oxygens (including phenoxy) is 3. The van der Waals surface area contributed by atoms with Gasteiger partial charge in [0.05, 0.1) is 6.42 Å². The van der Waals surface area contributed by atoms with E-state index in [9.17, 15) is 9.90 Å². The highest BCUT2D eigenvalue weighted by molar-refractivity contribution is 5.72. The molecule has 6 heteroatoms. The number of rotatable bonds is 8. The molecule has 182 valence electrons. The lowest BCUT2D eigenvalue weighted by molar-refractivity contribution is -0.137. The normalized spacial score (nSPS) is 18.9. The summed E-state index contributed by atoms with van der Waals surface area (Å²) in [6.07, 6.45) is 0.155. The van der Waals surface area contributed by atoms with Crippen molar-refractivity contribution in [1.29, 1.82) is 0 Å². The summed E-state index contributed by atoms with van der Waals surface area (Å²) in [4.78, 5) is 11.2. The molecule has 6 nitrogen and oxygen atoms in total. The number of carboxylic acids is 1. The van der Waals surface area contributed by atoms with E-state index in [4.69, 9.17) is 14.2 Å². The Morgan fingerprint density at radius 3 is 2.51 bits per heavy atom. The van der Waals surface area contributed by atoms with E-state index in [0.717, 1.165) is 35.5 Å². The first-order valence-corrected chi connectivity index (χ1v) is 12.1. The lowest BCUT2D eigenvalue weighted by atomic mass is 9.93. The van der Waals surface area contributed by atoms with Crippen LogP contribution >= 0.6 is 0 Å². The molecule has 2 aliphatic rings. The minimum atomic E-state index is -0.818. The van der Waals surface area contributed by atoms with Crippen LogP contribution in [0.3, 0.4) is 0 Å². The van der Waals surface area contributed by atoms with Gasteiger partial charge in [-0.25, -0.2) is 0 Å². The number of benzene rings is 3. The van der Waals surface area contributed by atoms with Crippen LogP contribution in [-0.4, -0.2) is 36.4 Å². The summed E-state index contributed by atoms with van der Waals surface area (Å²) in [5, 5.41) is 12.4. The van der Waals surface area contributed by atoms with Crippen LogP contribution in [0.15, 0.2) is 54.6 Å². The van der Waals surface area contributed by atoms with Crippen LogP contribution in [0.1, 0.15) is 41.5 Å². The third-order valence-electron chi connectivity index (χ3n) is 6.83. The van der Waals surface area contributed by atoms with Gasteiger partial charge in [-0.05, 0) is 72.9 Å². The van der Waals surface area contributed by atoms with Crippen molar-refractivity contribution < 1.29 is 24.1 Å². The Balaban J connectivity index is 1.29. The molecule has 5 rings (SSSR count). The summed E-state index contributed by atoms with van der Waals surface area (Å²) in [5.41, 5.74) is 6.75. The van der Waals surface area contributed by atoms with Crippen molar-refractivity contribution in [2.45, 2.75) is 51.9 Å². The van der Waals surface area contributed by atoms with Crippen molar-refractivity contribution >= 4 is 5.97 Å². The molecule has 0 spiro atoms. The third kappa shape index (κ3) is 4.98. The standard InChI is InChI=1S/C29H31NO5/c1-17-9-23(35-24-14-30-15-24)10-18(2)29(17)21-6-4-5-20(11-21)16-33-22-7-8-25-26(13-28(31)32)19(3)34-27(25)12-22/h4-12,19,24,26,30H,13-16H2,1-3H3,(H,31,32)/t19-,26?/m0/s1. The van der Waals surface area contributed by atoms with Crippen molar-refractivity contribution in [3.05, 3.63) is 76.9 Å². The van der Waals surface area contributed by atoms with Gasteiger partial charge in [-0.3, -0.25) is 4.79 Å². The summed E-state index contributed by atoms with van der Waals surface area (Å²) in [7, 11) is 0. The Morgan fingerprint density at radius 1 is 1.06 bits per heavy atom. The number of carbonyl (C=O) groups is 1. The minimum Gasteiger partial charge on any atom is -0.490 e. The SMILES string of the molecule is Cc1cc(OC2CNC2)cc(C)c1-c1cccc(COc2ccc3c(c2)O[C@@H](C)C3CC(=O)O)c1. The monoisotopic (exact) mass is 473 g/mol. The highest BCUT2D eigenvalue weighted by Gasteiger charge is 2.33. The van der Waals surface area contributed by atoms with Gasteiger partial charge in [0, 0.05) is 30.6 Å². The molecule has 2 heterocycles. The molecular formula is C29H31NO5. The summed E-state index contributed by atoms with van der Waals surface area (Å²) < 4.78 is 18.0. The lowest BCUT2D eigenvalue weighted by Crippen LogP contribution is -2.50. The molecule has 1 fully saturated rings. The topological polar surface area (TPSA) is 77.0 Å². The van der Waals surface area contributed by atoms with Crippen molar-refractivity contribution in [2.75, 3.05) is 13.1 Å². The maximum Gasteiger partial charge on any atom is 0.304 e. The van der Waals surface area contributed by atoms with Crippen LogP contribution in [0.2, 0.25) is 0 Å². The number of nitrogens with one attached hydrogen (secondary N) is 1. The fourth-order valence-electron chi connectivity index (χ4n) is 4.98. The summed E-state index contributed by atoms with van der Waals surface area (Å²) >= 11 is 0. The van der Waals surface area contributed by atoms with Crippen LogP contribution in [0.4, 0.5) is 0 Å². The van der Waals surface area contributed by atoms with Crippen LogP contribution in [-0.2, 0) is 11.4 Å². The first-order chi connectivity index (χ1) is 16.9. The second-order valence-electron chi connectivity index (χ2n) is 9.55. The summed E-state index contributed by atoms with van der Waals surface area (Å²) in [5.74, 6) is 1.38. The van der Waals surface area contributed by atoms with Crippen LogP contribution in [0, 0.1) is 13.8 Å². The van der Waals surface area contributed by atoms with Gasteiger partial charge >= 0.3 is 5.97 Å². The second-order valence-corrected chi connectivity index (χ2v) is 9.55. The number of hydrogen-bond donors (Lipinski definition) is 2. The molecule has 0 amide bonds. The largest absolute Gasteiger partial charge is 0.490 e. The Morgan fingerprint density at radius 2 is 1.83 bits per heavy atom. The van der Waals surface area contributed by atoms with Gasteiger partial charge in [0.2, 0.25) is 0 Å². The molecule has 2 N–H and O–H groups in total. The quantitative estimate of drug-likeness (QED) is 0.466. The zero-order valence-corrected chi connectivity index (χ0v) is 20.3. The maximum absolute atomic E-state index is 11.2. The van der Waals surface area contributed by atoms with Gasteiger partial charge in [0.15, 0.2) is 0 Å². The van der Waals surface area contributed by atoms with E-state index in [1.807, 2.05) is 25.1 Å². The van der Waals surface area contributed by atoms with Crippen LogP contribution in [0.5, 0.6) is 17.2 Å². The van der Waals surface area contributed by atoms with Crippen molar-refractivity contribution in [1.82, 2.24) is 5.32 Å². The fourth-order valence-corrected chi connectivity index (χ4v) is 4.98. The van der Waals surface area contributed by atoms with Crippen molar-refractivity contribution in [3.8, 4) is 28.4 Å². The Labute approximate surface area is 205 Å². The van der Waals surface area contributed by atoms with Gasteiger partial charge < -0.3 is 24.6 Å². The van der Waals surface area contributed by atoms with Gasteiger partial charge in [0.25, 0.3) is 0 Å². The average molecular weight is 474 g/mol. The fraction of sp³-hybridized carbons (Fsp3) is 0.345. The number of aryl methyl sites for hydroxylation is 2. The second kappa shape index (κ2) is 9.62. The van der Waals surface area contributed by atoms with E-state index in [1.165, 1.54) is 16.7 Å². The van der Waals surface area contributed by atoms with E-state index >= 15 is 0 Å². The molecular weight excluding hydrogens is 442 g/mol. The molecule has 2 atom stereocenters. The first-order valence-electron chi connectivity index (χ1n) is 12.1. The van der Waals surface area contributed by atoms with Gasteiger partial charge in [-0.15, -0.1) is 0 Å². The molecule has 0 aromatic heterocycles. The van der Waals surface area contributed by atoms with E-state index in [1.54, 1.807) is 0 Å². The molecule has 0 radical (unpaired) electrons. The first kappa shape index (κ1) is 23.2. The molecule has 2 aliphatic heterocycles. The Kier molecular flexibility index (Phi) is 6.39. The maximum atomic E-state index is 11.2. The summed E-state index contributed by atoms with van der Waals surface area (Å²) in [6, 6.07) is 18.3. The molecule has 0 saturated carbocycles. The zero-order chi connectivity index (χ0) is 24.5. The molecule has 0 aliphatic carbocycles. The van der Waals surface area contributed by atoms with E-state index in [0.29, 0.717) is 18.1 Å². The molecule has 35 heavy (non-hydrogen) atoms. The highest BCUT2D eigenvalue weighted by Crippen LogP contribution is 2.42. The molecule has 1 saturated heterocycles. The zero-order valence-electron chi connectivity index (χ0n) is 20.3. The smallest absolute Gasteiger partial charge is 0.304 e. The van der Waals surface area contributed by atoms with Gasteiger partial charge in [0.1, 0.15) is 36.1 Å². The predicted octanol–water partition coefficient (Wildman–Crippen LogP) is 5.24. The van der Waals surface area contributed by atoms with Crippen LogP contribution < -0.4 is 19.5 Å². The Bertz CT molecular complexity index is 1230. The van der Waals surface area contributed by atoms with Crippen molar-refractivity contribution in [3.63, 3.8) is 0 Å². The minimum absolute atomic E-state index is 0.0604. The van der Waals surface area contributed by atoms with Gasteiger partial charge in [-0.1, -0.05) is 24.3 Å². The molecule has 3 aromatic rings. The summed E-state index contributed by atoms with van der Waals surface area (Å²) in [6.45, 7) is 8.39. The van der Waals surface area contributed by atoms with Crippen molar-refractivity contribution in [2.24, 2.45) is 0 Å². The van der Waals surface area contributed by atoms with E-state index < -0.39 is 5.97 Å². The molecule has 1 unspecified atom stereocenters. The number of carboxylic acid groups (broad SMARTS) is 1. The predicted molar refractivity (Wildman–Crippen MR) is 134 cm³/mol. The van der Waals surface area contributed by atoms with E-state index in [2.05, 4.69) is 55.6 Å². The Hall–Kier alpha value is -3.51. The number of fused-ring (bicyclic) bond motifs is 1. The third-order valence-corrected chi connectivity index (χ3v) is 6.83. The number of hydrogen-bond acceptors (Lipinski definition) is 5. The molecule has 3 aromatic carbocycles. The molecule has 0 bridgehead atoms. The lowest BCUT2D eigenvalue weighted by Gasteiger charge is -2.28. The highest BCUT2D eigenvalue weighted by atomic mass is 16.5. The van der Waals surface area contributed by atoms with Gasteiger partial charge in [-0.2, -0.15) is 0 Å². The van der Waals surface area contributed by atoms with E-state index in [-0.39, 0.29) is 24.5 Å². The van der Waals surface area contributed by atoms with Crippen LogP contribution in [0.25, 0.3) is 11.1 Å².